The van der Waals surface area contributed by atoms with E-state index >= 15 is 0 Å². The van der Waals surface area contributed by atoms with Gasteiger partial charge in [-0.1, -0.05) is 23.7 Å². The molecule has 0 aliphatic carbocycles. The van der Waals surface area contributed by atoms with Crippen LogP contribution in [-0.4, -0.2) is 37.6 Å². The number of hydrogen-bond donors (Lipinski definition) is 2. The number of aryl methyl sites for hydroxylation is 1. The van der Waals surface area contributed by atoms with Gasteiger partial charge in [0, 0.05) is 18.1 Å². The molecular weight excluding hydrogens is 380 g/mol. The van der Waals surface area contributed by atoms with Crippen LogP contribution >= 0.6 is 11.6 Å². The van der Waals surface area contributed by atoms with Crippen molar-refractivity contribution in [1.29, 1.82) is 0 Å². The van der Waals surface area contributed by atoms with Crippen LogP contribution in [0.15, 0.2) is 42.5 Å². The zero-order valence-corrected chi connectivity index (χ0v) is 17.0. The van der Waals surface area contributed by atoms with Crippen molar-refractivity contribution in [3.8, 4) is 11.5 Å². The van der Waals surface area contributed by atoms with Crippen LogP contribution in [0.2, 0.25) is 5.02 Å². The van der Waals surface area contributed by atoms with Crippen LogP contribution in [0.25, 0.3) is 0 Å². The van der Waals surface area contributed by atoms with Gasteiger partial charge < -0.3 is 20.1 Å². The molecule has 2 amide bonds. The minimum atomic E-state index is -0.662. The Kier molecular flexibility index (Phi) is 8.14. The normalized spacial score (nSPS) is 11.4. The third kappa shape index (κ3) is 6.78. The van der Waals surface area contributed by atoms with Crippen LogP contribution in [-0.2, 0) is 9.59 Å². The van der Waals surface area contributed by atoms with Crippen LogP contribution in [0, 0.1) is 13.8 Å². The van der Waals surface area contributed by atoms with Crippen molar-refractivity contribution in [3.63, 3.8) is 0 Å². The third-order valence-electron chi connectivity index (χ3n) is 4.16. The third-order valence-corrected chi connectivity index (χ3v) is 4.41. The number of rotatable bonds is 9. The quantitative estimate of drug-likeness (QED) is 0.630. The van der Waals surface area contributed by atoms with E-state index in [1.54, 1.807) is 31.2 Å². The summed E-state index contributed by atoms with van der Waals surface area (Å²) in [7, 11) is 0. The summed E-state index contributed by atoms with van der Waals surface area (Å²) in [5.74, 6) is 0.733. The van der Waals surface area contributed by atoms with Gasteiger partial charge in [0.15, 0.2) is 12.7 Å². The first-order valence-electron chi connectivity index (χ1n) is 9.02. The molecule has 0 saturated heterocycles. The molecule has 1 unspecified atom stereocenters. The van der Waals surface area contributed by atoms with Crippen LogP contribution < -0.4 is 20.1 Å². The summed E-state index contributed by atoms with van der Waals surface area (Å²) in [5.41, 5.74) is 2.12. The monoisotopic (exact) mass is 404 g/mol. The molecule has 2 rings (SSSR count). The van der Waals surface area contributed by atoms with Crippen LogP contribution in [0.5, 0.6) is 11.5 Å². The molecule has 7 heteroatoms. The van der Waals surface area contributed by atoms with Crippen LogP contribution in [0.4, 0.5) is 0 Å². The molecule has 0 heterocycles. The molecule has 2 aromatic rings. The van der Waals surface area contributed by atoms with Gasteiger partial charge in [-0.3, -0.25) is 9.59 Å². The maximum absolute atomic E-state index is 12.0. The van der Waals surface area contributed by atoms with E-state index in [2.05, 4.69) is 10.6 Å². The van der Waals surface area contributed by atoms with E-state index in [1.807, 2.05) is 32.0 Å². The molecule has 0 aliphatic heterocycles. The largest absolute Gasteiger partial charge is 0.483 e. The summed E-state index contributed by atoms with van der Waals surface area (Å²) in [6.07, 6.45) is -0.662. The summed E-state index contributed by atoms with van der Waals surface area (Å²) >= 11 is 5.81. The zero-order valence-electron chi connectivity index (χ0n) is 16.3. The lowest BCUT2D eigenvalue weighted by Crippen LogP contribution is -2.41. The Bertz CT molecular complexity index is 809. The first-order chi connectivity index (χ1) is 13.4. The molecule has 0 fully saturated rings. The van der Waals surface area contributed by atoms with Gasteiger partial charge in [0.25, 0.3) is 11.8 Å². The number of amides is 2. The van der Waals surface area contributed by atoms with Gasteiger partial charge in [0.2, 0.25) is 0 Å². The molecule has 0 aromatic heterocycles. The van der Waals surface area contributed by atoms with Gasteiger partial charge >= 0.3 is 0 Å². The maximum Gasteiger partial charge on any atom is 0.260 e. The second-order valence-corrected chi connectivity index (χ2v) is 6.78. The van der Waals surface area contributed by atoms with E-state index in [4.69, 9.17) is 21.1 Å². The Morgan fingerprint density at radius 2 is 1.71 bits per heavy atom. The number of ether oxygens (including phenoxy) is 2. The molecule has 150 valence electrons. The fourth-order valence-electron chi connectivity index (χ4n) is 2.38. The highest BCUT2D eigenvalue weighted by Gasteiger charge is 2.14. The minimum Gasteiger partial charge on any atom is -0.483 e. The van der Waals surface area contributed by atoms with Crippen molar-refractivity contribution in [2.24, 2.45) is 0 Å². The lowest BCUT2D eigenvalue weighted by Gasteiger charge is -2.15. The van der Waals surface area contributed by atoms with Crippen molar-refractivity contribution in [1.82, 2.24) is 10.6 Å². The van der Waals surface area contributed by atoms with Gasteiger partial charge in [-0.05, 0) is 62.2 Å². The van der Waals surface area contributed by atoms with Crippen molar-refractivity contribution in [2.75, 3.05) is 19.7 Å². The second-order valence-electron chi connectivity index (χ2n) is 6.34. The highest BCUT2D eigenvalue weighted by atomic mass is 35.5. The Morgan fingerprint density at radius 3 is 2.43 bits per heavy atom. The molecule has 0 aliphatic rings. The molecule has 1 atom stereocenters. The highest BCUT2D eigenvalue weighted by molar-refractivity contribution is 6.30. The topological polar surface area (TPSA) is 76.7 Å². The van der Waals surface area contributed by atoms with E-state index in [1.165, 1.54) is 0 Å². The number of carbonyl (C=O) groups is 2. The lowest BCUT2D eigenvalue weighted by molar-refractivity contribution is -0.127. The summed E-state index contributed by atoms with van der Waals surface area (Å²) in [4.78, 5) is 23.9. The first-order valence-corrected chi connectivity index (χ1v) is 9.40. The van der Waals surface area contributed by atoms with Crippen molar-refractivity contribution < 1.29 is 19.1 Å². The molecule has 6 nitrogen and oxygen atoms in total. The maximum atomic E-state index is 12.0. The van der Waals surface area contributed by atoms with Crippen molar-refractivity contribution in [3.05, 3.63) is 58.6 Å². The number of nitrogens with one attached hydrogen (secondary N) is 2. The summed E-state index contributed by atoms with van der Waals surface area (Å²) in [6.45, 7) is 6.11. The predicted molar refractivity (Wildman–Crippen MR) is 109 cm³/mol. The smallest absolute Gasteiger partial charge is 0.260 e. The highest BCUT2D eigenvalue weighted by Crippen LogP contribution is 2.20. The van der Waals surface area contributed by atoms with E-state index < -0.39 is 6.10 Å². The molecule has 0 spiro atoms. The summed E-state index contributed by atoms with van der Waals surface area (Å²) in [6, 6.07) is 12.5. The fraction of sp³-hybridized carbons (Fsp3) is 0.333. The Morgan fingerprint density at radius 1 is 1.04 bits per heavy atom. The molecule has 2 aromatic carbocycles. The Hall–Kier alpha value is -2.73. The van der Waals surface area contributed by atoms with Gasteiger partial charge in [-0.2, -0.15) is 0 Å². The number of hydrogen-bond acceptors (Lipinski definition) is 4. The van der Waals surface area contributed by atoms with Gasteiger partial charge in [0.1, 0.15) is 11.5 Å². The van der Waals surface area contributed by atoms with E-state index in [0.717, 1.165) is 11.1 Å². The molecule has 0 bridgehead atoms. The Labute approximate surface area is 170 Å². The van der Waals surface area contributed by atoms with Crippen molar-refractivity contribution in [2.45, 2.75) is 26.9 Å². The Balaban J connectivity index is 1.64. The molecule has 28 heavy (non-hydrogen) atoms. The number of carbonyl (C=O) groups excluding carboxylic acids is 2. The summed E-state index contributed by atoms with van der Waals surface area (Å²) < 4.78 is 11.1. The molecule has 0 saturated carbocycles. The SMILES string of the molecule is Cc1cccc(OCC(=O)NCCNC(=O)C(C)Oc2ccc(Cl)cc2)c1C. The fourth-order valence-corrected chi connectivity index (χ4v) is 2.50. The minimum absolute atomic E-state index is 0.0751. The zero-order chi connectivity index (χ0) is 20.5. The summed E-state index contributed by atoms with van der Waals surface area (Å²) in [5, 5.41) is 6.02. The number of benzene rings is 2. The van der Waals surface area contributed by atoms with Gasteiger partial charge in [-0.25, -0.2) is 0 Å². The van der Waals surface area contributed by atoms with Crippen molar-refractivity contribution >= 4 is 23.4 Å². The second kappa shape index (κ2) is 10.6. The first kappa shape index (κ1) is 21.6. The average Bonchev–Trinajstić information content (AvgIpc) is 2.68. The standard InChI is InChI=1S/C21H25ClN2O4/c1-14-5-4-6-19(15(14)2)27-13-20(25)23-11-12-24-21(26)16(3)28-18-9-7-17(22)8-10-18/h4-10,16H,11-13H2,1-3H3,(H,23,25)(H,24,26). The van der Waals surface area contributed by atoms with E-state index in [-0.39, 0.29) is 18.4 Å². The van der Waals surface area contributed by atoms with Crippen LogP contribution in [0.1, 0.15) is 18.1 Å². The van der Waals surface area contributed by atoms with Crippen LogP contribution in [0.3, 0.4) is 0 Å². The van der Waals surface area contributed by atoms with E-state index in [9.17, 15) is 9.59 Å². The predicted octanol–water partition coefficient (Wildman–Crippen LogP) is 3.04. The molecular formula is C21H25ClN2O4. The number of halogens is 1. The lowest BCUT2D eigenvalue weighted by atomic mass is 10.1. The van der Waals surface area contributed by atoms with E-state index in [0.29, 0.717) is 29.6 Å². The molecule has 0 radical (unpaired) electrons. The van der Waals surface area contributed by atoms with Gasteiger partial charge in [0.05, 0.1) is 0 Å². The molecule has 2 N–H and O–H groups in total. The van der Waals surface area contributed by atoms with Gasteiger partial charge in [-0.15, -0.1) is 0 Å². The average molecular weight is 405 g/mol.